The van der Waals surface area contributed by atoms with E-state index in [1.807, 2.05) is 0 Å². The molecule has 3 fully saturated rings. The third-order valence-corrected chi connectivity index (χ3v) is 5.00. The molecule has 1 saturated heterocycles. The minimum absolute atomic E-state index is 0.302. The molecule has 2 saturated carbocycles. The molecule has 1 unspecified atom stereocenters. The van der Waals surface area contributed by atoms with Gasteiger partial charge in [-0.3, -0.25) is 4.79 Å². The van der Waals surface area contributed by atoms with Gasteiger partial charge in [-0.1, -0.05) is 6.42 Å². The molecule has 3 rings (SSSR count). The predicted molar refractivity (Wildman–Crippen MR) is 67.7 cm³/mol. The molecule has 17 heavy (non-hydrogen) atoms. The maximum atomic E-state index is 11.9. The topological polar surface area (TPSA) is 41.1 Å². The lowest BCUT2D eigenvalue weighted by Crippen LogP contribution is -2.59. The van der Waals surface area contributed by atoms with Crippen molar-refractivity contribution in [3.8, 4) is 0 Å². The van der Waals surface area contributed by atoms with E-state index >= 15 is 0 Å². The highest BCUT2D eigenvalue weighted by atomic mass is 16.1. The van der Waals surface area contributed by atoms with E-state index in [1.165, 1.54) is 38.5 Å². The third-order valence-electron chi connectivity index (χ3n) is 5.00. The number of amides is 1. The Kier molecular flexibility index (Phi) is 3.12. The third kappa shape index (κ3) is 2.49. The second-order valence-corrected chi connectivity index (χ2v) is 6.32. The number of hydrogen-bond acceptors (Lipinski definition) is 2. The SMILES string of the molecule is O=C(CC1CCC1)NC1CCNC2(CCC2)C1. The average molecular weight is 236 g/mol. The molecule has 0 bridgehead atoms. The molecule has 2 N–H and O–H groups in total. The van der Waals surface area contributed by atoms with Gasteiger partial charge in [0.05, 0.1) is 0 Å². The summed E-state index contributed by atoms with van der Waals surface area (Å²) in [7, 11) is 0. The molecule has 0 aromatic carbocycles. The molecule has 1 aliphatic heterocycles. The number of carbonyl (C=O) groups excluding carboxylic acids is 1. The molecule has 3 aliphatic rings. The Morgan fingerprint density at radius 2 is 2.06 bits per heavy atom. The molecular weight excluding hydrogens is 212 g/mol. The van der Waals surface area contributed by atoms with E-state index in [2.05, 4.69) is 10.6 Å². The Morgan fingerprint density at radius 1 is 1.24 bits per heavy atom. The van der Waals surface area contributed by atoms with Gasteiger partial charge in [0.25, 0.3) is 0 Å². The first-order valence-corrected chi connectivity index (χ1v) is 7.30. The molecule has 3 heteroatoms. The minimum Gasteiger partial charge on any atom is -0.353 e. The van der Waals surface area contributed by atoms with Crippen LogP contribution in [0.1, 0.15) is 57.8 Å². The number of nitrogens with one attached hydrogen (secondary N) is 2. The lowest BCUT2D eigenvalue weighted by atomic mass is 9.70. The Balaban J connectivity index is 1.45. The van der Waals surface area contributed by atoms with Gasteiger partial charge in [0.1, 0.15) is 0 Å². The van der Waals surface area contributed by atoms with Crippen molar-refractivity contribution in [1.29, 1.82) is 0 Å². The normalized spacial score (nSPS) is 31.6. The van der Waals surface area contributed by atoms with Gasteiger partial charge in [-0.05, 0) is 57.4 Å². The first kappa shape index (κ1) is 11.5. The minimum atomic E-state index is 0.302. The fourth-order valence-electron chi connectivity index (χ4n) is 3.51. The lowest BCUT2D eigenvalue weighted by Gasteiger charge is -2.48. The summed E-state index contributed by atoms with van der Waals surface area (Å²) in [6.45, 7) is 1.08. The van der Waals surface area contributed by atoms with E-state index in [1.54, 1.807) is 0 Å². The lowest BCUT2D eigenvalue weighted by molar-refractivity contribution is -0.123. The molecule has 1 amide bonds. The highest BCUT2D eigenvalue weighted by Crippen LogP contribution is 2.38. The van der Waals surface area contributed by atoms with Crippen LogP contribution in [0, 0.1) is 5.92 Å². The zero-order chi connectivity index (χ0) is 11.7. The maximum Gasteiger partial charge on any atom is 0.220 e. The van der Waals surface area contributed by atoms with Gasteiger partial charge in [-0.15, -0.1) is 0 Å². The van der Waals surface area contributed by atoms with Crippen LogP contribution in [0.15, 0.2) is 0 Å². The van der Waals surface area contributed by atoms with Crippen molar-refractivity contribution in [2.45, 2.75) is 69.4 Å². The number of carbonyl (C=O) groups is 1. The van der Waals surface area contributed by atoms with Crippen LogP contribution in [-0.4, -0.2) is 24.0 Å². The van der Waals surface area contributed by atoms with Crippen LogP contribution < -0.4 is 10.6 Å². The monoisotopic (exact) mass is 236 g/mol. The fourth-order valence-corrected chi connectivity index (χ4v) is 3.51. The Hall–Kier alpha value is -0.570. The van der Waals surface area contributed by atoms with Crippen LogP contribution in [0.5, 0.6) is 0 Å². The smallest absolute Gasteiger partial charge is 0.220 e. The molecule has 1 atom stereocenters. The van der Waals surface area contributed by atoms with Crippen LogP contribution in [0.25, 0.3) is 0 Å². The molecule has 3 nitrogen and oxygen atoms in total. The van der Waals surface area contributed by atoms with E-state index in [0.717, 1.165) is 25.8 Å². The van der Waals surface area contributed by atoms with Crippen LogP contribution in [0.3, 0.4) is 0 Å². The van der Waals surface area contributed by atoms with Gasteiger partial charge in [0, 0.05) is 18.0 Å². The summed E-state index contributed by atoms with van der Waals surface area (Å²) < 4.78 is 0. The standard InChI is InChI=1S/C14H24N2O/c17-13(9-11-3-1-4-11)16-12-5-8-15-14(10-12)6-2-7-14/h11-12,15H,1-10H2,(H,16,17). The van der Waals surface area contributed by atoms with Crippen molar-refractivity contribution in [3.63, 3.8) is 0 Å². The molecule has 0 radical (unpaired) electrons. The highest BCUT2D eigenvalue weighted by molar-refractivity contribution is 5.76. The molecule has 2 aliphatic carbocycles. The summed E-state index contributed by atoms with van der Waals surface area (Å²) in [6.07, 6.45) is 10.9. The van der Waals surface area contributed by atoms with Crippen LogP contribution in [0.4, 0.5) is 0 Å². The molecular formula is C14H24N2O. The first-order chi connectivity index (χ1) is 8.26. The zero-order valence-electron chi connectivity index (χ0n) is 10.6. The number of hydrogen-bond donors (Lipinski definition) is 2. The summed E-state index contributed by atoms with van der Waals surface area (Å²) in [4.78, 5) is 11.9. The molecule has 96 valence electrons. The van der Waals surface area contributed by atoms with Crippen LogP contribution >= 0.6 is 0 Å². The van der Waals surface area contributed by atoms with Gasteiger partial charge in [0.2, 0.25) is 5.91 Å². The van der Waals surface area contributed by atoms with E-state index in [4.69, 9.17) is 0 Å². The van der Waals surface area contributed by atoms with Gasteiger partial charge in [-0.25, -0.2) is 0 Å². The highest BCUT2D eigenvalue weighted by Gasteiger charge is 2.41. The van der Waals surface area contributed by atoms with Gasteiger partial charge in [0.15, 0.2) is 0 Å². The Bertz CT molecular complexity index is 295. The summed E-state index contributed by atoms with van der Waals surface area (Å²) in [5.74, 6) is 0.991. The number of rotatable bonds is 3. The van der Waals surface area contributed by atoms with Crippen molar-refractivity contribution in [1.82, 2.24) is 10.6 Å². The zero-order valence-corrected chi connectivity index (χ0v) is 10.6. The summed E-state index contributed by atoms with van der Waals surface area (Å²) in [5.41, 5.74) is 0.396. The second-order valence-electron chi connectivity index (χ2n) is 6.32. The van der Waals surface area contributed by atoms with E-state index < -0.39 is 0 Å². The van der Waals surface area contributed by atoms with Crippen molar-refractivity contribution >= 4 is 5.91 Å². The quantitative estimate of drug-likeness (QED) is 0.786. The van der Waals surface area contributed by atoms with Gasteiger partial charge >= 0.3 is 0 Å². The predicted octanol–water partition coefficient (Wildman–Crippen LogP) is 1.97. The fraction of sp³-hybridized carbons (Fsp3) is 0.929. The van der Waals surface area contributed by atoms with E-state index in [0.29, 0.717) is 23.4 Å². The van der Waals surface area contributed by atoms with Crippen molar-refractivity contribution in [2.24, 2.45) is 5.92 Å². The second kappa shape index (κ2) is 4.60. The van der Waals surface area contributed by atoms with Crippen LogP contribution in [0.2, 0.25) is 0 Å². The summed E-state index contributed by atoms with van der Waals surface area (Å²) in [5, 5.41) is 6.91. The largest absolute Gasteiger partial charge is 0.353 e. The van der Waals surface area contributed by atoms with Gasteiger partial charge < -0.3 is 10.6 Å². The maximum absolute atomic E-state index is 11.9. The molecule has 1 heterocycles. The first-order valence-electron chi connectivity index (χ1n) is 7.30. The van der Waals surface area contributed by atoms with Crippen molar-refractivity contribution in [3.05, 3.63) is 0 Å². The Morgan fingerprint density at radius 3 is 2.65 bits per heavy atom. The van der Waals surface area contributed by atoms with Crippen molar-refractivity contribution < 1.29 is 4.79 Å². The molecule has 1 spiro atoms. The van der Waals surface area contributed by atoms with Gasteiger partial charge in [-0.2, -0.15) is 0 Å². The van der Waals surface area contributed by atoms with E-state index in [-0.39, 0.29) is 0 Å². The van der Waals surface area contributed by atoms with Crippen molar-refractivity contribution in [2.75, 3.05) is 6.54 Å². The number of piperidine rings is 1. The Labute approximate surface area is 104 Å². The van der Waals surface area contributed by atoms with Crippen LogP contribution in [-0.2, 0) is 4.79 Å². The molecule has 0 aromatic heterocycles. The molecule has 0 aromatic rings. The summed E-state index contributed by atoms with van der Waals surface area (Å²) in [6, 6.07) is 0.434. The average Bonchev–Trinajstić information content (AvgIpc) is 2.22. The summed E-state index contributed by atoms with van der Waals surface area (Å²) >= 11 is 0. The van der Waals surface area contributed by atoms with E-state index in [9.17, 15) is 4.79 Å².